The molecule has 24 atom stereocenters. The van der Waals surface area contributed by atoms with E-state index in [1.165, 1.54) is 0 Å². The topological polar surface area (TPSA) is 180 Å². The van der Waals surface area contributed by atoms with Gasteiger partial charge in [0.2, 0.25) is 0 Å². The van der Waals surface area contributed by atoms with Gasteiger partial charge < -0.3 is 64.6 Å². The predicted octanol–water partition coefficient (Wildman–Crippen LogP) is 3.74. The van der Waals surface area contributed by atoms with Crippen molar-refractivity contribution in [1.29, 1.82) is 0 Å². The molecule has 0 N–H and O–H groups in total. The van der Waals surface area contributed by atoms with Crippen LogP contribution in [-0.2, 0) is 78.5 Å². The summed E-state index contributed by atoms with van der Waals surface area (Å²) in [7, 11) is 16.6. The molecule has 0 aliphatic carbocycles. The van der Waals surface area contributed by atoms with E-state index in [0.717, 1.165) is 0 Å². The second-order valence-corrected chi connectivity index (χ2v) is 16.1. The van der Waals surface area contributed by atoms with E-state index in [-0.39, 0.29) is 46.6 Å². The molecule has 0 aromatic heterocycles. The molecule has 3 aliphatic rings. The van der Waals surface area contributed by atoms with E-state index in [2.05, 4.69) is 75.7 Å². The van der Waals surface area contributed by atoms with Crippen molar-refractivity contribution in [3.63, 3.8) is 0 Å². The first kappa shape index (κ1) is 49.8. The number of carbonyl (C=O) groups excluding carboxylic acids is 1. The van der Waals surface area contributed by atoms with Crippen molar-refractivity contribution in [3.05, 3.63) is 12.2 Å². The smallest absolute Gasteiger partial charge is 0.187 e. The van der Waals surface area contributed by atoms with Crippen LogP contribution in [0.2, 0.25) is 0 Å². The Balaban J connectivity index is 1.87. The van der Waals surface area contributed by atoms with Gasteiger partial charge in [-0.2, -0.15) is 0 Å². The summed E-state index contributed by atoms with van der Waals surface area (Å²) >= 11 is 0. The number of allylic oxidation sites excluding steroid dienone is 1. The number of hydrogen-bond donors (Lipinski definition) is 0. The lowest BCUT2D eigenvalue weighted by Gasteiger charge is -2.49. The van der Waals surface area contributed by atoms with Gasteiger partial charge in [-0.1, -0.05) is 19.1 Å². The molecule has 3 fully saturated rings. The van der Waals surface area contributed by atoms with E-state index in [9.17, 15) is 13.9 Å². The summed E-state index contributed by atoms with van der Waals surface area (Å²) < 4.78 is 108. The Labute approximate surface area is 331 Å². The fraction of sp³-hybridized carbons (Fsp3) is 0.885. The molecule has 0 spiro atoms. The van der Waals surface area contributed by atoms with Gasteiger partial charge in [-0.25, -0.2) is 0 Å². The summed E-state index contributed by atoms with van der Waals surface area (Å²) in [4.78, 5) is 11.6. The summed E-state index contributed by atoms with van der Waals surface area (Å²) in [5.41, 5.74) is -1.87. The van der Waals surface area contributed by atoms with Crippen LogP contribution in [0.5, 0.6) is 0 Å². The van der Waals surface area contributed by atoms with Crippen LogP contribution in [0.1, 0.15) is 20.3 Å². The van der Waals surface area contributed by atoms with Crippen molar-refractivity contribution in [2.24, 2.45) is 5.92 Å². The summed E-state index contributed by atoms with van der Waals surface area (Å²) in [5, 5.41) is 0. The third-order valence-corrected chi connectivity index (χ3v) is 12.6. The summed E-state index contributed by atoms with van der Waals surface area (Å²) in [6.45, 7) is 3.61. The number of ketones is 1. The molecule has 0 bridgehead atoms. The predicted molar refractivity (Wildman–Crippen MR) is 218 cm³/mol. The lowest BCUT2D eigenvalue weighted by Crippen LogP contribution is -2.65. The SMILES string of the molecule is CC(=O)C(C)CC=CCOC1OC(COP)[C@@H](O[C@@H]2OC(COP)[C@H](O[C@H]3OC(COP)[C@H](OP)[C@H](OP)C3P=O)[C@H](OP)C2P=O)[C@H](OP)C1OP. The minimum absolute atomic E-state index is 0.0189. The Hall–Kier alpha value is 2.49. The summed E-state index contributed by atoms with van der Waals surface area (Å²) in [6, 6.07) is 0. The molecule has 0 saturated carbocycles. The lowest BCUT2D eigenvalue weighted by atomic mass is 9.97. The van der Waals surface area contributed by atoms with Crippen LogP contribution in [0.3, 0.4) is 0 Å². The molecular weight excluding hydrogens is 894 g/mol. The normalized spacial score (nSPS) is 38.8. The molecule has 0 aromatic rings. The van der Waals surface area contributed by atoms with Gasteiger partial charge in [-0.3, -0.25) is 13.9 Å². The molecule has 3 aliphatic heterocycles. The van der Waals surface area contributed by atoms with Gasteiger partial charge in [0.1, 0.15) is 78.1 Å². The molecule has 27 heteroatoms. The Morgan fingerprint density at radius 1 is 0.604 bits per heavy atom. The largest absolute Gasteiger partial charge is 0.363 e. The highest BCUT2D eigenvalue weighted by Gasteiger charge is 2.56. The van der Waals surface area contributed by atoms with Crippen LogP contribution in [0.25, 0.3) is 0 Å². The van der Waals surface area contributed by atoms with E-state index >= 15 is 0 Å². The fourth-order valence-corrected chi connectivity index (χ4v) is 9.63. The molecule has 17 nitrogen and oxygen atoms in total. The number of carbonyl (C=O) groups is 1. The van der Waals surface area contributed by atoms with Gasteiger partial charge in [0.25, 0.3) is 0 Å². The quantitative estimate of drug-likeness (QED) is 0.107. The van der Waals surface area contributed by atoms with Crippen LogP contribution >= 0.6 is 92.7 Å². The molecule has 3 heterocycles. The molecule has 306 valence electrons. The second kappa shape index (κ2) is 26.6. The third kappa shape index (κ3) is 13.5. The molecule has 0 amide bonds. The molecule has 3 saturated heterocycles. The molecular formula is C26H50O17P10. The van der Waals surface area contributed by atoms with Crippen LogP contribution < -0.4 is 0 Å². The molecule has 0 radical (unpaired) electrons. The van der Waals surface area contributed by atoms with Gasteiger partial charge in [-0.05, 0) is 13.3 Å². The highest BCUT2D eigenvalue weighted by Crippen LogP contribution is 2.42. The van der Waals surface area contributed by atoms with Crippen LogP contribution in [-0.4, -0.2) is 123 Å². The monoisotopic (exact) mass is 944 g/mol. The second-order valence-electron chi connectivity index (χ2n) is 12.1. The number of Topliss-reactive ketones (excluding diaryl/α,β-unsaturated/α-hetero) is 1. The van der Waals surface area contributed by atoms with Gasteiger partial charge in [0.05, 0.1) is 26.4 Å². The van der Waals surface area contributed by atoms with Gasteiger partial charge in [-0.15, -0.1) is 0 Å². The minimum atomic E-state index is -1.21. The average molecular weight is 944 g/mol. The maximum atomic E-state index is 12.9. The summed E-state index contributed by atoms with van der Waals surface area (Å²) in [6.07, 6.45) is -7.48. The van der Waals surface area contributed by atoms with Crippen molar-refractivity contribution >= 4 is 98.4 Å². The zero-order valence-corrected chi connectivity index (χ0v) is 39.9. The Morgan fingerprint density at radius 3 is 1.43 bits per heavy atom. The van der Waals surface area contributed by atoms with Gasteiger partial charge in [0, 0.05) is 81.7 Å². The van der Waals surface area contributed by atoms with Crippen molar-refractivity contribution in [2.45, 2.75) is 111 Å². The van der Waals surface area contributed by atoms with Crippen LogP contribution in [0, 0.1) is 5.92 Å². The first-order valence-corrected chi connectivity index (χ1v) is 21.6. The maximum absolute atomic E-state index is 12.9. The van der Waals surface area contributed by atoms with E-state index in [4.69, 9.17) is 64.6 Å². The van der Waals surface area contributed by atoms with E-state index in [0.29, 0.717) is 6.42 Å². The minimum Gasteiger partial charge on any atom is -0.363 e. The molecule has 16 unspecified atom stereocenters. The lowest BCUT2D eigenvalue weighted by molar-refractivity contribution is -0.342. The highest BCUT2D eigenvalue weighted by atomic mass is 31.1. The number of ether oxygens (including phenoxy) is 6. The van der Waals surface area contributed by atoms with Crippen LogP contribution in [0.15, 0.2) is 12.2 Å². The van der Waals surface area contributed by atoms with Crippen molar-refractivity contribution in [1.82, 2.24) is 0 Å². The first-order valence-electron chi connectivity index (χ1n) is 16.0. The maximum Gasteiger partial charge on any atom is 0.187 e. The van der Waals surface area contributed by atoms with Crippen molar-refractivity contribution in [2.75, 3.05) is 26.4 Å². The Bertz CT molecular complexity index is 1140. The number of rotatable bonds is 23. The zero-order chi connectivity index (χ0) is 39.1. The van der Waals surface area contributed by atoms with E-state index in [1.807, 2.05) is 13.0 Å². The van der Waals surface area contributed by atoms with E-state index in [1.54, 1.807) is 13.0 Å². The third-order valence-electron chi connectivity index (χ3n) is 8.92. The Kier molecular flexibility index (Phi) is 25.1. The molecule has 0 aromatic carbocycles. The standard InChI is InChI=1S/C26H50O17P10/c1-10(11(2)27)5-3-4-6-30-24-21(43-51)18(40-48)15(12(34-24)7-31-44)37-25-22(52-28)19(41-49)16(13(35-25)8-32-45)38-26-23(53-29)20(42-50)17(39-47)14(36-26)9-33-46/h3-4,10,12-26H,5-9,44-51H2,1-2H3/t10?,12?,13?,14?,15-,16+,17+,18+,19+,20+,21?,22?,23?,24?,25+,26-/m1/s1. The number of hydrogen-bond acceptors (Lipinski definition) is 17. The Morgan fingerprint density at radius 2 is 1.02 bits per heavy atom. The zero-order valence-electron chi connectivity index (χ0n) is 28.9. The van der Waals surface area contributed by atoms with Crippen LogP contribution in [0.4, 0.5) is 0 Å². The van der Waals surface area contributed by atoms with E-state index < -0.39 is 99.7 Å². The molecule has 53 heavy (non-hydrogen) atoms. The highest BCUT2D eigenvalue weighted by molar-refractivity contribution is 7.25. The average Bonchev–Trinajstić information content (AvgIpc) is 3.15. The van der Waals surface area contributed by atoms with Crippen molar-refractivity contribution < 1.29 is 78.5 Å². The van der Waals surface area contributed by atoms with Gasteiger partial charge in [0.15, 0.2) is 35.8 Å². The first-order chi connectivity index (χ1) is 25.6. The molecule has 3 rings (SSSR count). The fourth-order valence-electron chi connectivity index (χ4n) is 6.03. The summed E-state index contributed by atoms with van der Waals surface area (Å²) in [5.74, 6) is -0.00851. The van der Waals surface area contributed by atoms with Crippen molar-refractivity contribution in [3.8, 4) is 0 Å². The van der Waals surface area contributed by atoms with Gasteiger partial charge >= 0.3 is 0 Å².